The maximum absolute atomic E-state index is 13.1. The molecule has 1 unspecified atom stereocenters. The highest BCUT2D eigenvalue weighted by molar-refractivity contribution is 9.11. The van der Waals surface area contributed by atoms with E-state index >= 15 is 0 Å². The quantitative estimate of drug-likeness (QED) is 0.412. The van der Waals surface area contributed by atoms with Crippen molar-refractivity contribution >= 4 is 49.1 Å². The van der Waals surface area contributed by atoms with Gasteiger partial charge in [0.2, 0.25) is 10.0 Å². The molecule has 4 rings (SSSR count). The van der Waals surface area contributed by atoms with Crippen LogP contribution in [0.3, 0.4) is 0 Å². The van der Waals surface area contributed by atoms with Crippen molar-refractivity contribution in [3.05, 3.63) is 68.3 Å². The summed E-state index contributed by atoms with van der Waals surface area (Å²) in [7, 11) is -3.77. The van der Waals surface area contributed by atoms with Crippen molar-refractivity contribution in [3.8, 4) is 16.9 Å². The zero-order chi connectivity index (χ0) is 21.7. The fraction of sp³-hybridized carbons (Fsp3) is 0.158. The molecule has 30 heavy (non-hydrogen) atoms. The van der Waals surface area contributed by atoms with E-state index in [4.69, 9.17) is 9.88 Å². The summed E-state index contributed by atoms with van der Waals surface area (Å²) in [6, 6.07) is 13.1. The Balaban J connectivity index is 1.91. The lowest BCUT2D eigenvalue weighted by molar-refractivity contribution is -0.0328. The molecule has 158 valence electrons. The van der Waals surface area contributed by atoms with E-state index in [9.17, 15) is 21.6 Å². The van der Waals surface area contributed by atoms with E-state index < -0.39 is 21.6 Å². The van der Waals surface area contributed by atoms with Gasteiger partial charge in [0.15, 0.2) is 6.10 Å². The standard InChI is InChI=1S/C19H13BrF3NO3S3/c20-16-7-6-15(28-16)18-12-8-10(9-30(24,25)26)4-5-11(12)17-13(27-18)2-1-3-14(17)29-19(21,22)23/h1-8,18H,9H2,(H2,24,25,26). The molecule has 0 saturated heterocycles. The van der Waals surface area contributed by atoms with Gasteiger partial charge in [-0.05, 0) is 63.1 Å². The van der Waals surface area contributed by atoms with Crippen LogP contribution in [0.25, 0.3) is 11.1 Å². The predicted octanol–water partition coefficient (Wildman–Crippen LogP) is 6.06. The lowest BCUT2D eigenvalue weighted by Crippen LogP contribution is -2.18. The summed E-state index contributed by atoms with van der Waals surface area (Å²) in [6.07, 6.45) is -0.588. The second kappa shape index (κ2) is 7.86. The number of hydrogen-bond donors (Lipinski definition) is 1. The minimum Gasteiger partial charge on any atom is -0.479 e. The molecule has 1 atom stereocenters. The van der Waals surface area contributed by atoms with Crippen molar-refractivity contribution in [2.24, 2.45) is 5.14 Å². The molecule has 4 nitrogen and oxygen atoms in total. The largest absolute Gasteiger partial charge is 0.479 e. The van der Waals surface area contributed by atoms with Crippen LogP contribution >= 0.6 is 39.0 Å². The van der Waals surface area contributed by atoms with Gasteiger partial charge in [0.1, 0.15) is 5.75 Å². The topological polar surface area (TPSA) is 69.4 Å². The van der Waals surface area contributed by atoms with Crippen molar-refractivity contribution in [1.82, 2.24) is 0 Å². The minimum absolute atomic E-state index is 0.0197. The number of rotatable bonds is 4. The summed E-state index contributed by atoms with van der Waals surface area (Å²) in [4.78, 5) is 0.849. The Morgan fingerprint density at radius 2 is 1.93 bits per heavy atom. The molecule has 1 aromatic heterocycles. The van der Waals surface area contributed by atoms with Crippen LogP contribution in [0.2, 0.25) is 0 Å². The number of hydrogen-bond acceptors (Lipinski definition) is 5. The molecule has 0 aliphatic carbocycles. The van der Waals surface area contributed by atoms with Gasteiger partial charge >= 0.3 is 5.51 Å². The summed E-state index contributed by atoms with van der Waals surface area (Å²) < 4.78 is 69.4. The van der Waals surface area contributed by atoms with Crippen LogP contribution in [-0.2, 0) is 15.8 Å². The van der Waals surface area contributed by atoms with Crippen molar-refractivity contribution in [2.75, 3.05) is 0 Å². The second-order valence-electron chi connectivity index (χ2n) is 6.55. The van der Waals surface area contributed by atoms with Crippen LogP contribution in [-0.4, -0.2) is 13.9 Å². The Morgan fingerprint density at radius 3 is 2.57 bits per heavy atom. The van der Waals surface area contributed by atoms with Crippen LogP contribution in [0.4, 0.5) is 13.2 Å². The van der Waals surface area contributed by atoms with Crippen LogP contribution in [0.1, 0.15) is 22.1 Å². The SMILES string of the molecule is NS(=O)(=O)Cc1ccc2c(c1)C(c1ccc(Br)s1)Oc1cccc(SC(F)(F)F)c1-2. The van der Waals surface area contributed by atoms with Crippen molar-refractivity contribution in [3.63, 3.8) is 0 Å². The molecule has 2 N–H and O–H groups in total. The van der Waals surface area contributed by atoms with E-state index in [2.05, 4.69) is 15.9 Å². The fourth-order valence-electron chi connectivity index (χ4n) is 3.33. The maximum Gasteiger partial charge on any atom is 0.446 e. The number of fused-ring (bicyclic) bond motifs is 3. The van der Waals surface area contributed by atoms with E-state index in [0.29, 0.717) is 28.0 Å². The van der Waals surface area contributed by atoms with Gasteiger partial charge in [-0.25, -0.2) is 13.6 Å². The molecule has 0 bridgehead atoms. The Morgan fingerprint density at radius 1 is 1.17 bits per heavy atom. The number of benzene rings is 2. The van der Waals surface area contributed by atoms with Gasteiger partial charge in [0.25, 0.3) is 0 Å². The van der Waals surface area contributed by atoms with E-state index in [1.807, 2.05) is 12.1 Å². The molecule has 0 fully saturated rings. The summed E-state index contributed by atoms with van der Waals surface area (Å²) in [5.74, 6) is -0.0436. The average Bonchev–Trinajstić information content (AvgIpc) is 3.04. The molecule has 0 radical (unpaired) electrons. The summed E-state index contributed by atoms with van der Waals surface area (Å²) in [5.41, 5.74) is -2.53. The Kier molecular flexibility index (Phi) is 5.69. The van der Waals surface area contributed by atoms with Gasteiger partial charge in [-0.15, -0.1) is 11.3 Å². The number of nitrogens with two attached hydrogens (primary N) is 1. The third-order valence-electron chi connectivity index (χ3n) is 4.35. The number of ether oxygens (including phenoxy) is 1. The van der Waals surface area contributed by atoms with Crippen LogP contribution in [0.5, 0.6) is 5.75 Å². The maximum atomic E-state index is 13.1. The van der Waals surface area contributed by atoms with E-state index in [1.165, 1.54) is 23.5 Å². The molecule has 11 heteroatoms. The first kappa shape index (κ1) is 21.7. The zero-order valence-corrected chi connectivity index (χ0v) is 19.0. The summed E-state index contributed by atoms with van der Waals surface area (Å²) >= 11 is 4.63. The van der Waals surface area contributed by atoms with Gasteiger partial charge < -0.3 is 4.74 Å². The van der Waals surface area contributed by atoms with Gasteiger partial charge in [0.05, 0.1) is 14.4 Å². The first-order valence-corrected chi connectivity index (χ1v) is 12.6. The van der Waals surface area contributed by atoms with Crippen LogP contribution in [0.15, 0.2) is 57.2 Å². The third-order valence-corrected chi connectivity index (χ3v) is 7.54. The van der Waals surface area contributed by atoms with E-state index in [-0.39, 0.29) is 22.4 Å². The van der Waals surface area contributed by atoms with Gasteiger partial charge in [-0.1, -0.05) is 24.3 Å². The fourth-order valence-corrected chi connectivity index (χ4v) is 6.16. The monoisotopic (exact) mass is 535 g/mol. The first-order valence-electron chi connectivity index (χ1n) is 8.44. The average molecular weight is 536 g/mol. The molecule has 2 heterocycles. The molecule has 1 aliphatic heterocycles. The lowest BCUT2D eigenvalue weighted by Gasteiger charge is -2.30. The molecular formula is C19H13BrF3NO3S3. The molecule has 1 aliphatic rings. The molecule has 0 saturated carbocycles. The highest BCUT2D eigenvalue weighted by Crippen LogP contribution is 2.52. The minimum atomic E-state index is -4.46. The number of halogens is 4. The zero-order valence-electron chi connectivity index (χ0n) is 14.9. The smallest absolute Gasteiger partial charge is 0.446 e. The van der Waals surface area contributed by atoms with E-state index in [0.717, 1.165) is 8.66 Å². The third kappa shape index (κ3) is 4.70. The first-order chi connectivity index (χ1) is 14.0. The predicted molar refractivity (Wildman–Crippen MR) is 115 cm³/mol. The van der Waals surface area contributed by atoms with Crippen LogP contribution in [0, 0.1) is 0 Å². The van der Waals surface area contributed by atoms with Crippen LogP contribution < -0.4 is 9.88 Å². The Labute approximate surface area is 187 Å². The Hall–Kier alpha value is -1.53. The summed E-state index contributed by atoms with van der Waals surface area (Å²) in [5, 5.41) is 5.17. The molecule has 0 spiro atoms. The second-order valence-corrected chi connectivity index (χ2v) is 11.8. The van der Waals surface area contributed by atoms with Crippen molar-refractivity contribution in [2.45, 2.75) is 22.3 Å². The highest BCUT2D eigenvalue weighted by Gasteiger charge is 2.35. The number of alkyl halides is 3. The number of primary sulfonamides is 1. The van der Waals surface area contributed by atoms with Crippen molar-refractivity contribution in [1.29, 1.82) is 0 Å². The molecule has 3 aromatic rings. The molecule has 0 amide bonds. The molecular weight excluding hydrogens is 523 g/mol. The normalized spacial score (nSPS) is 16.0. The molecule has 2 aromatic carbocycles. The van der Waals surface area contributed by atoms with E-state index in [1.54, 1.807) is 24.3 Å². The lowest BCUT2D eigenvalue weighted by atomic mass is 9.91. The number of thiophene rings is 1. The van der Waals surface area contributed by atoms with Gasteiger partial charge in [0, 0.05) is 16.0 Å². The highest BCUT2D eigenvalue weighted by atomic mass is 79.9. The number of sulfonamides is 1. The summed E-state index contributed by atoms with van der Waals surface area (Å²) in [6.45, 7) is 0. The van der Waals surface area contributed by atoms with Crippen molar-refractivity contribution < 1.29 is 26.3 Å². The van der Waals surface area contributed by atoms with Gasteiger partial charge in [-0.3, -0.25) is 0 Å². The number of thioether (sulfide) groups is 1. The van der Waals surface area contributed by atoms with Gasteiger partial charge in [-0.2, -0.15) is 13.2 Å². The Bertz CT molecular complexity index is 1230.